The standard InChI is InChI=1S/C25H25F2N3O/c26-21-8-11-23(24(27)16-21)25(31)28-22-9-6-20(7-10-22)18-30-14-12-29(13-15-30)17-19-4-2-1-3-5-19/h1-11,16H,12-15,17-18H2,(H,28,31). The molecular formula is C25H25F2N3O. The van der Waals surface area contributed by atoms with Crippen LogP contribution in [0.5, 0.6) is 0 Å². The van der Waals surface area contributed by atoms with Crippen LogP contribution in [0.1, 0.15) is 21.5 Å². The number of nitrogens with zero attached hydrogens (tertiary/aromatic N) is 2. The van der Waals surface area contributed by atoms with E-state index in [1.54, 1.807) is 12.1 Å². The van der Waals surface area contributed by atoms with E-state index >= 15 is 0 Å². The maximum atomic E-state index is 13.8. The lowest BCUT2D eigenvalue weighted by molar-refractivity contribution is 0.102. The van der Waals surface area contributed by atoms with Gasteiger partial charge in [-0.25, -0.2) is 8.78 Å². The first-order valence-corrected chi connectivity index (χ1v) is 10.4. The highest BCUT2D eigenvalue weighted by atomic mass is 19.1. The van der Waals surface area contributed by atoms with Crippen LogP contribution in [0, 0.1) is 11.6 Å². The maximum Gasteiger partial charge on any atom is 0.258 e. The van der Waals surface area contributed by atoms with Gasteiger partial charge in [-0.1, -0.05) is 42.5 Å². The third-order valence-corrected chi connectivity index (χ3v) is 5.51. The zero-order valence-electron chi connectivity index (χ0n) is 17.2. The van der Waals surface area contributed by atoms with Crippen LogP contribution >= 0.6 is 0 Å². The summed E-state index contributed by atoms with van der Waals surface area (Å²) in [6.07, 6.45) is 0. The van der Waals surface area contributed by atoms with Crippen molar-refractivity contribution in [3.8, 4) is 0 Å². The Morgan fingerprint density at radius 3 is 1.94 bits per heavy atom. The minimum Gasteiger partial charge on any atom is -0.322 e. The van der Waals surface area contributed by atoms with Crippen molar-refractivity contribution in [2.24, 2.45) is 0 Å². The summed E-state index contributed by atoms with van der Waals surface area (Å²) >= 11 is 0. The van der Waals surface area contributed by atoms with Crippen molar-refractivity contribution in [3.05, 3.63) is 101 Å². The number of piperazine rings is 1. The van der Waals surface area contributed by atoms with E-state index in [0.29, 0.717) is 11.8 Å². The highest BCUT2D eigenvalue weighted by Crippen LogP contribution is 2.16. The SMILES string of the molecule is O=C(Nc1ccc(CN2CCN(Cc3ccccc3)CC2)cc1)c1ccc(F)cc1F. The van der Waals surface area contributed by atoms with Crippen LogP contribution in [0.3, 0.4) is 0 Å². The summed E-state index contributed by atoms with van der Waals surface area (Å²) in [6.45, 7) is 5.92. The molecule has 0 saturated carbocycles. The van der Waals surface area contributed by atoms with Gasteiger partial charge in [0, 0.05) is 51.0 Å². The molecule has 1 aliphatic rings. The smallest absolute Gasteiger partial charge is 0.258 e. The molecule has 4 nitrogen and oxygen atoms in total. The molecular weight excluding hydrogens is 396 g/mol. The first kappa shape index (κ1) is 21.2. The monoisotopic (exact) mass is 421 g/mol. The second-order valence-corrected chi connectivity index (χ2v) is 7.81. The van der Waals surface area contributed by atoms with Gasteiger partial charge in [-0.05, 0) is 35.4 Å². The highest BCUT2D eigenvalue weighted by Gasteiger charge is 2.17. The van der Waals surface area contributed by atoms with Crippen LogP contribution in [-0.2, 0) is 13.1 Å². The first-order chi connectivity index (χ1) is 15.1. The number of carbonyl (C=O) groups is 1. The minimum atomic E-state index is -0.875. The fourth-order valence-corrected chi connectivity index (χ4v) is 3.77. The molecule has 160 valence electrons. The van der Waals surface area contributed by atoms with Gasteiger partial charge in [-0.3, -0.25) is 14.6 Å². The third-order valence-electron chi connectivity index (χ3n) is 5.51. The summed E-state index contributed by atoms with van der Waals surface area (Å²) in [7, 11) is 0. The van der Waals surface area contributed by atoms with Crippen molar-refractivity contribution >= 4 is 11.6 Å². The molecule has 3 aromatic rings. The Morgan fingerprint density at radius 2 is 1.35 bits per heavy atom. The lowest BCUT2D eigenvalue weighted by Crippen LogP contribution is -2.45. The molecule has 1 N–H and O–H groups in total. The predicted octanol–water partition coefficient (Wildman–Crippen LogP) is 4.53. The molecule has 3 aromatic carbocycles. The van der Waals surface area contributed by atoms with Gasteiger partial charge >= 0.3 is 0 Å². The molecule has 1 aliphatic heterocycles. The Hall–Kier alpha value is -3.09. The molecule has 1 saturated heterocycles. The first-order valence-electron chi connectivity index (χ1n) is 10.4. The Balaban J connectivity index is 1.26. The van der Waals surface area contributed by atoms with Gasteiger partial charge in [0.15, 0.2) is 0 Å². The molecule has 0 unspecified atom stereocenters. The number of rotatable bonds is 6. The van der Waals surface area contributed by atoms with E-state index in [-0.39, 0.29) is 5.56 Å². The molecule has 1 fully saturated rings. The second kappa shape index (κ2) is 9.81. The average Bonchev–Trinajstić information content (AvgIpc) is 2.77. The summed E-state index contributed by atoms with van der Waals surface area (Å²) in [5.41, 5.74) is 2.89. The largest absolute Gasteiger partial charge is 0.322 e. The van der Waals surface area contributed by atoms with Gasteiger partial charge in [-0.2, -0.15) is 0 Å². The van der Waals surface area contributed by atoms with E-state index in [1.807, 2.05) is 18.2 Å². The van der Waals surface area contributed by atoms with Crippen molar-refractivity contribution < 1.29 is 13.6 Å². The number of hydrogen-bond acceptors (Lipinski definition) is 3. The number of benzene rings is 3. The second-order valence-electron chi connectivity index (χ2n) is 7.81. The van der Waals surface area contributed by atoms with Gasteiger partial charge < -0.3 is 5.32 Å². The normalized spacial score (nSPS) is 15.0. The quantitative estimate of drug-likeness (QED) is 0.635. The molecule has 0 aliphatic carbocycles. The number of anilines is 1. The van der Waals surface area contributed by atoms with Gasteiger partial charge in [0.25, 0.3) is 5.91 Å². The molecule has 0 bridgehead atoms. The Kier molecular flexibility index (Phi) is 6.70. The molecule has 1 heterocycles. The summed E-state index contributed by atoms with van der Waals surface area (Å²) < 4.78 is 26.8. The molecule has 0 atom stereocenters. The van der Waals surface area contributed by atoms with Crippen LogP contribution < -0.4 is 5.32 Å². The topological polar surface area (TPSA) is 35.6 Å². The molecule has 31 heavy (non-hydrogen) atoms. The lowest BCUT2D eigenvalue weighted by atomic mass is 10.1. The number of carbonyl (C=O) groups excluding carboxylic acids is 1. The lowest BCUT2D eigenvalue weighted by Gasteiger charge is -2.34. The predicted molar refractivity (Wildman–Crippen MR) is 118 cm³/mol. The zero-order valence-corrected chi connectivity index (χ0v) is 17.2. The minimum absolute atomic E-state index is 0.182. The molecule has 4 rings (SSSR count). The number of halogens is 2. The van der Waals surface area contributed by atoms with Crippen LogP contribution in [0.2, 0.25) is 0 Å². The highest BCUT2D eigenvalue weighted by molar-refractivity contribution is 6.04. The van der Waals surface area contributed by atoms with Gasteiger partial charge in [0.05, 0.1) is 5.56 Å². The van der Waals surface area contributed by atoms with Crippen molar-refractivity contribution in [1.82, 2.24) is 9.80 Å². The molecule has 0 radical (unpaired) electrons. The summed E-state index contributed by atoms with van der Waals surface area (Å²) in [6, 6.07) is 21.0. The molecule has 6 heteroatoms. The van der Waals surface area contributed by atoms with Crippen LogP contribution in [0.4, 0.5) is 14.5 Å². The molecule has 0 spiro atoms. The molecule has 0 aromatic heterocycles. The van der Waals surface area contributed by atoms with Crippen LogP contribution in [0.25, 0.3) is 0 Å². The van der Waals surface area contributed by atoms with Crippen molar-refractivity contribution in [3.63, 3.8) is 0 Å². The van der Waals surface area contributed by atoms with Crippen molar-refractivity contribution in [2.45, 2.75) is 13.1 Å². The van der Waals surface area contributed by atoms with E-state index in [1.165, 1.54) is 5.56 Å². The van der Waals surface area contributed by atoms with Gasteiger partial charge in [0.2, 0.25) is 0 Å². The van der Waals surface area contributed by atoms with Gasteiger partial charge in [-0.15, -0.1) is 0 Å². The number of nitrogens with one attached hydrogen (secondary N) is 1. The Bertz CT molecular complexity index is 1020. The third kappa shape index (κ3) is 5.75. The van der Waals surface area contributed by atoms with E-state index < -0.39 is 17.5 Å². The van der Waals surface area contributed by atoms with Crippen LogP contribution in [0.15, 0.2) is 72.8 Å². The van der Waals surface area contributed by atoms with Crippen molar-refractivity contribution in [2.75, 3.05) is 31.5 Å². The summed E-state index contributed by atoms with van der Waals surface area (Å²) in [5.74, 6) is -2.18. The Labute approximate surface area is 181 Å². The maximum absolute atomic E-state index is 13.8. The number of hydrogen-bond donors (Lipinski definition) is 1. The average molecular weight is 421 g/mol. The number of amides is 1. The van der Waals surface area contributed by atoms with Crippen LogP contribution in [-0.4, -0.2) is 41.9 Å². The van der Waals surface area contributed by atoms with E-state index in [9.17, 15) is 13.6 Å². The van der Waals surface area contributed by atoms with Crippen molar-refractivity contribution in [1.29, 1.82) is 0 Å². The fourth-order valence-electron chi connectivity index (χ4n) is 3.77. The summed E-state index contributed by atoms with van der Waals surface area (Å²) in [5, 5.41) is 2.66. The molecule has 1 amide bonds. The van der Waals surface area contributed by atoms with E-state index in [2.05, 4.69) is 39.4 Å². The summed E-state index contributed by atoms with van der Waals surface area (Å²) in [4.78, 5) is 17.1. The zero-order chi connectivity index (χ0) is 21.6. The van der Waals surface area contributed by atoms with E-state index in [4.69, 9.17) is 0 Å². The Morgan fingerprint density at radius 1 is 0.774 bits per heavy atom. The van der Waals surface area contributed by atoms with E-state index in [0.717, 1.165) is 57.0 Å². The fraction of sp³-hybridized carbons (Fsp3) is 0.240. The van der Waals surface area contributed by atoms with Gasteiger partial charge in [0.1, 0.15) is 11.6 Å².